The predicted molar refractivity (Wildman–Crippen MR) is 87.4 cm³/mol. The maximum atomic E-state index is 12.1. The molecule has 0 radical (unpaired) electrons. The molecular weight excluding hydrogens is 258 g/mol. The molecule has 2 rings (SSSR count). The molecule has 0 unspecified atom stereocenters. The van der Waals surface area contributed by atoms with Crippen LogP contribution in [-0.2, 0) is 0 Å². The number of hydrogen-bond donors (Lipinski definition) is 0. The van der Waals surface area contributed by atoms with Gasteiger partial charge in [0.15, 0.2) is 5.78 Å². The monoisotopic (exact) mass is 281 g/mol. The van der Waals surface area contributed by atoms with Gasteiger partial charge in [-0.1, -0.05) is 62.9 Å². The quantitative estimate of drug-likeness (QED) is 0.486. The maximum absolute atomic E-state index is 12.1. The van der Waals surface area contributed by atoms with Crippen molar-refractivity contribution < 1.29 is 4.79 Å². The lowest BCUT2D eigenvalue weighted by atomic mass is 10.0. The van der Waals surface area contributed by atoms with Crippen molar-refractivity contribution in [2.75, 3.05) is 0 Å². The zero-order valence-corrected chi connectivity index (χ0v) is 12.7. The summed E-state index contributed by atoms with van der Waals surface area (Å²) in [5.74, 6) is 0.254. The number of hydrogen-bond acceptors (Lipinski definition) is 2. The molecule has 1 heterocycles. The minimum absolute atomic E-state index is 0.254. The number of aromatic nitrogens is 1. The number of nitrogens with zero attached hydrogens (tertiary/aromatic N) is 1. The molecule has 2 heteroatoms. The fraction of sp³-hybridized carbons (Fsp3) is 0.368. The number of Topliss-reactive ketones (excluding diaryl/α,β-unsaturated/α-hetero) is 1. The van der Waals surface area contributed by atoms with Crippen LogP contribution in [0.1, 0.15) is 55.8 Å². The van der Waals surface area contributed by atoms with Gasteiger partial charge < -0.3 is 0 Å². The Labute approximate surface area is 127 Å². The Hall–Kier alpha value is -1.96. The maximum Gasteiger partial charge on any atom is 0.162 e. The minimum Gasteiger partial charge on any atom is -0.294 e. The third-order valence-electron chi connectivity index (χ3n) is 3.71. The molecule has 0 aliphatic carbocycles. The molecule has 0 N–H and O–H groups in total. The summed E-state index contributed by atoms with van der Waals surface area (Å²) < 4.78 is 0. The summed E-state index contributed by atoms with van der Waals surface area (Å²) in [7, 11) is 0. The van der Waals surface area contributed by atoms with Gasteiger partial charge in [-0.25, -0.2) is 0 Å². The van der Waals surface area contributed by atoms with Crippen LogP contribution in [0.2, 0.25) is 0 Å². The van der Waals surface area contributed by atoms with Crippen LogP contribution >= 0.6 is 0 Å². The summed E-state index contributed by atoms with van der Waals surface area (Å²) in [6.45, 7) is 2.20. The van der Waals surface area contributed by atoms with E-state index in [0.717, 1.165) is 29.5 Å². The van der Waals surface area contributed by atoms with Crippen LogP contribution in [0.3, 0.4) is 0 Å². The van der Waals surface area contributed by atoms with E-state index in [4.69, 9.17) is 0 Å². The van der Waals surface area contributed by atoms with Crippen molar-refractivity contribution in [2.24, 2.45) is 0 Å². The zero-order chi connectivity index (χ0) is 14.9. The van der Waals surface area contributed by atoms with Crippen LogP contribution in [0.15, 0.2) is 48.8 Å². The summed E-state index contributed by atoms with van der Waals surface area (Å²) in [4.78, 5) is 16.2. The van der Waals surface area contributed by atoms with Gasteiger partial charge in [-0.3, -0.25) is 9.78 Å². The first kappa shape index (κ1) is 15.4. The standard InChI is InChI=1S/C19H23NO/c1-2-3-4-5-6-9-19(21)17-12-10-16(11-13-17)18-8-7-14-20-15-18/h7-8,10-15H,2-6,9H2,1H3. The molecule has 0 amide bonds. The Morgan fingerprint density at radius 3 is 2.38 bits per heavy atom. The highest BCUT2D eigenvalue weighted by Gasteiger charge is 2.06. The molecule has 2 aromatic rings. The van der Waals surface area contributed by atoms with Crippen LogP contribution in [-0.4, -0.2) is 10.8 Å². The van der Waals surface area contributed by atoms with E-state index in [1.165, 1.54) is 19.3 Å². The van der Waals surface area contributed by atoms with Crippen LogP contribution < -0.4 is 0 Å². The number of benzene rings is 1. The number of pyridine rings is 1. The van der Waals surface area contributed by atoms with E-state index in [0.29, 0.717) is 6.42 Å². The van der Waals surface area contributed by atoms with E-state index < -0.39 is 0 Å². The van der Waals surface area contributed by atoms with E-state index in [9.17, 15) is 4.79 Å². The smallest absolute Gasteiger partial charge is 0.162 e. The molecule has 0 bridgehead atoms. The lowest BCUT2D eigenvalue weighted by Gasteiger charge is -2.04. The molecule has 2 nitrogen and oxygen atoms in total. The Balaban J connectivity index is 1.88. The normalized spacial score (nSPS) is 10.5. The summed E-state index contributed by atoms with van der Waals surface area (Å²) in [6.07, 6.45) is 10.2. The highest BCUT2D eigenvalue weighted by Crippen LogP contribution is 2.19. The number of ketones is 1. The van der Waals surface area contributed by atoms with E-state index in [-0.39, 0.29) is 5.78 Å². The van der Waals surface area contributed by atoms with Crippen molar-refractivity contribution >= 4 is 5.78 Å². The Kier molecular flexibility index (Phi) is 6.14. The number of unbranched alkanes of at least 4 members (excludes halogenated alkanes) is 4. The van der Waals surface area contributed by atoms with Gasteiger partial charge in [-0.15, -0.1) is 0 Å². The van der Waals surface area contributed by atoms with Gasteiger partial charge in [0.25, 0.3) is 0 Å². The second-order valence-electron chi connectivity index (χ2n) is 5.41. The number of carbonyl (C=O) groups is 1. The number of rotatable bonds is 8. The van der Waals surface area contributed by atoms with Crippen molar-refractivity contribution in [3.8, 4) is 11.1 Å². The van der Waals surface area contributed by atoms with Crippen molar-refractivity contribution in [1.29, 1.82) is 0 Å². The molecule has 0 aliphatic rings. The van der Waals surface area contributed by atoms with Crippen LogP contribution in [0.25, 0.3) is 11.1 Å². The van der Waals surface area contributed by atoms with Crippen LogP contribution in [0.5, 0.6) is 0 Å². The van der Waals surface area contributed by atoms with E-state index in [1.54, 1.807) is 6.20 Å². The highest BCUT2D eigenvalue weighted by atomic mass is 16.1. The van der Waals surface area contributed by atoms with Crippen molar-refractivity contribution in [1.82, 2.24) is 4.98 Å². The molecule has 21 heavy (non-hydrogen) atoms. The van der Waals surface area contributed by atoms with Crippen molar-refractivity contribution in [2.45, 2.75) is 45.4 Å². The molecule has 0 aliphatic heterocycles. The highest BCUT2D eigenvalue weighted by molar-refractivity contribution is 5.96. The fourth-order valence-electron chi connectivity index (χ4n) is 2.42. The first-order chi connectivity index (χ1) is 10.3. The van der Waals surface area contributed by atoms with E-state index in [2.05, 4.69) is 11.9 Å². The second kappa shape index (κ2) is 8.35. The third-order valence-corrected chi connectivity index (χ3v) is 3.71. The van der Waals surface area contributed by atoms with Gasteiger partial charge in [0, 0.05) is 24.4 Å². The van der Waals surface area contributed by atoms with E-state index in [1.807, 2.05) is 42.6 Å². The van der Waals surface area contributed by atoms with Gasteiger partial charge in [0.2, 0.25) is 0 Å². The molecule has 1 aromatic heterocycles. The predicted octanol–water partition coefficient (Wildman–Crippen LogP) is 5.29. The average molecular weight is 281 g/mol. The van der Waals surface area contributed by atoms with Crippen molar-refractivity contribution in [3.63, 3.8) is 0 Å². The molecule has 0 atom stereocenters. The summed E-state index contributed by atoms with van der Waals surface area (Å²) >= 11 is 0. The Morgan fingerprint density at radius 2 is 1.71 bits per heavy atom. The summed E-state index contributed by atoms with van der Waals surface area (Å²) in [6, 6.07) is 11.8. The van der Waals surface area contributed by atoms with E-state index >= 15 is 0 Å². The molecule has 1 aromatic carbocycles. The molecule has 0 spiro atoms. The fourth-order valence-corrected chi connectivity index (χ4v) is 2.42. The third kappa shape index (κ3) is 4.82. The van der Waals surface area contributed by atoms with Gasteiger partial charge in [0.05, 0.1) is 0 Å². The van der Waals surface area contributed by atoms with Crippen molar-refractivity contribution in [3.05, 3.63) is 54.4 Å². The molecule has 0 saturated carbocycles. The topological polar surface area (TPSA) is 30.0 Å². The lowest BCUT2D eigenvalue weighted by Crippen LogP contribution is -1.98. The van der Waals surface area contributed by atoms with Crippen LogP contribution in [0.4, 0.5) is 0 Å². The minimum atomic E-state index is 0.254. The Bertz CT molecular complexity index is 546. The van der Waals surface area contributed by atoms with Gasteiger partial charge >= 0.3 is 0 Å². The SMILES string of the molecule is CCCCCCCC(=O)c1ccc(-c2cccnc2)cc1. The first-order valence-electron chi connectivity index (χ1n) is 7.85. The van der Waals surface area contributed by atoms with Gasteiger partial charge in [-0.2, -0.15) is 0 Å². The average Bonchev–Trinajstić information content (AvgIpc) is 2.55. The summed E-state index contributed by atoms with van der Waals surface area (Å²) in [5.41, 5.74) is 3.00. The van der Waals surface area contributed by atoms with Gasteiger partial charge in [-0.05, 0) is 23.6 Å². The lowest BCUT2D eigenvalue weighted by molar-refractivity contribution is 0.0979. The Morgan fingerprint density at radius 1 is 0.952 bits per heavy atom. The van der Waals surface area contributed by atoms with Crippen LogP contribution in [0, 0.1) is 0 Å². The van der Waals surface area contributed by atoms with Gasteiger partial charge in [0.1, 0.15) is 0 Å². The molecular formula is C19H23NO. The second-order valence-corrected chi connectivity index (χ2v) is 5.41. The zero-order valence-electron chi connectivity index (χ0n) is 12.7. The molecule has 0 fully saturated rings. The summed E-state index contributed by atoms with van der Waals surface area (Å²) in [5, 5.41) is 0. The number of carbonyl (C=O) groups excluding carboxylic acids is 1. The molecule has 110 valence electrons. The first-order valence-corrected chi connectivity index (χ1v) is 7.85. The largest absolute Gasteiger partial charge is 0.294 e. The molecule has 0 saturated heterocycles.